The molecule has 0 saturated carbocycles. The van der Waals surface area contributed by atoms with E-state index in [4.69, 9.17) is 25.8 Å². The van der Waals surface area contributed by atoms with Crippen LogP contribution in [-0.2, 0) is 23.1 Å². The Morgan fingerprint density at radius 3 is 2.63 bits per heavy atom. The molecule has 6 rings (SSSR count). The van der Waals surface area contributed by atoms with Crippen molar-refractivity contribution < 1.29 is 22.6 Å². The summed E-state index contributed by atoms with van der Waals surface area (Å²) in [5.41, 5.74) is 2.61. The van der Waals surface area contributed by atoms with Gasteiger partial charge in [-0.15, -0.1) is 5.10 Å². The molecular formula is C26H22ClN5O5S. The SMILES string of the molecule is CCOc1ccc2c(c1)cc(CN(Cc1ccc3c(c1)OCO3)S(=O)(=O)c1ccc(Cl)cc1)c1nnnn12. The van der Waals surface area contributed by atoms with Crippen LogP contribution in [0.1, 0.15) is 18.1 Å². The molecule has 194 valence electrons. The normalized spacial score (nSPS) is 13.0. The number of sulfonamides is 1. The van der Waals surface area contributed by atoms with E-state index in [-0.39, 0.29) is 24.8 Å². The predicted molar refractivity (Wildman–Crippen MR) is 140 cm³/mol. The molecule has 0 bridgehead atoms. The standard InChI is InChI=1S/C26H22ClN5O5S/c1-2-35-21-6-9-23-18(13-21)12-19(26-28-29-30-32(23)26)15-31(38(33,34)22-7-4-20(27)5-8-22)14-17-3-10-24-25(11-17)37-16-36-24/h3-13H,2,14-16H2,1H3. The van der Waals surface area contributed by atoms with Crippen molar-refractivity contribution in [3.63, 3.8) is 0 Å². The Balaban J connectivity index is 1.45. The lowest BCUT2D eigenvalue weighted by Gasteiger charge is -2.23. The minimum absolute atomic E-state index is 0.0120. The first-order valence-corrected chi connectivity index (χ1v) is 13.6. The number of aromatic nitrogens is 4. The lowest BCUT2D eigenvalue weighted by molar-refractivity contribution is 0.174. The third-order valence-corrected chi connectivity index (χ3v) is 8.28. The van der Waals surface area contributed by atoms with E-state index in [0.717, 1.165) is 16.5 Å². The summed E-state index contributed by atoms with van der Waals surface area (Å²) < 4.78 is 47.4. The van der Waals surface area contributed by atoms with Crippen molar-refractivity contribution >= 4 is 38.2 Å². The number of hydrogen-bond donors (Lipinski definition) is 0. The molecule has 2 aromatic heterocycles. The number of nitrogens with zero attached hydrogens (tertiary/aromatic N) is 5. The first kappa shape index (κ1) is 24.4. The fraction of sp³-hybridized carbons (Fsp3) is 0.192. The Labute approximate surface area is 223 Å². The fourth-order valence-corrected chi connectivity index (χ4v) is 5.96. The Bertz CT molecular complexity index is 1760. The second kappa shape index (κ2) is 9.75. The van der Waals surface area contributed by atoms with Gasteiger partial charge in [0.1, 0.15) is 5.75 Å². The van der Waals surface area contributed by atoms with E-state index in [1.54, 1.807) is 28.8 Å². The zero-order valence-corrected chi connectivity index (χ0v) is 21.8. The van der Waals surface area contributed by atoms with Gasteiger partial charge in [-0.05, 0) is 83.6 Å². The molecule has 0 atom stereocenters. The number of pyridine rings is 1. The third kappa shape index (κ3) is 4.49. The van der Waals surface area contributed by atoms with Crippen LogP contribution in [-0.4, -0.2) is 46.2 Å². The number of fused-ring (bicyclic) bond motifs is 4. The lowest BCUT2D eigenvalue weighted by Crippen LogP contribution is -2.30. The topological polar surface area (TPSA) is 108 Å². The summed E-state index contributed by atoms with van der Waals surface area (Å²) in [5, 5.41) is 13.5. The van der Waals surface area contributed by atoms with Gasteiger partial charge in [0.15, 0.2) is 17.1 Å². The Hall–Kier alpha value is -3.93. The summed E-state index contributed by atoms with van der Waals surface area (Å²) in [6.07, 6.45) is 0. The molecule has 1 aliphatic rings. The molecule has 38 heavy (non-hydrogen) atoms. The molecule has 0 aliphatic carbocycles. The van der Waals surface area contributed by atoms with E-state index < -0.39 is 10.0 Å². The Morgan fingerprint density at radius 1 is 1.00 bits per heavy atom. The highest BCUT2D eigenvalue weighted by Crippen LogP contribution is 2.34. The molecule has 1 aliphatic heterocycles. The average molecular weight is 552 g/mol. The number of ether oxygens (including phenoxy) is 3. The number of tetrazole rings is 1. The van der Waals surface area contributed by atoms with E-state index in [1.165, 1.54) is 16.4 Å². The highest BCUT2D eigenvalue weighted by atomic mass is 35.5. The lowest BCUT2D eigenvalue weighted by atomic mass is 10.1. The number of hydrogen-bond acceptors (Lipinski definition) is 8. The van der Waals surface area contributed by atoms with Gasteiger partial charge in [-0.2, -0.15) is 8.82 Å². The van der Waals surface area contributed by atoms with Crippen LogP contribution in [0.25, 0.3) is 16.6 Å². The molecule has 0 unspecified atom stereocenters. The maximum Gasteiger partial charge on any atom is 0.243 e. The van der Waals surface area contributed by atoms with Gasteiger partial charge in [-0.1, -0.05) is 17.7 Å². The van der Waals surface area contributed by atoms with Gasteiger partial charge >= 0.3 is 0 Å². The van der Waals surface area contributed by atoms with Crippen molar-refractivity contribution in [3.8, 4) is 17.2 Å². The maximum absolute atomic E-state index is 13.9. The summed E-state index contributed by atoms with van der Waals surface area (Å²) in [6.45, 7) is 2.65. The third-order valence-electron chi connectivity index (χ3n) is 6.22. The highest BCUT2D eigenvalue weighted by Gasteiger charge is 2.27. The first-order chi connectivity index (χ1) is 18.4. The summed E-state index contributed by atoms with van der Waals surface area (Å²) in [5.74, 6) is 1.89. The van der Waals surface area contributed by atoms with Crippen LogP contribution in [0.15, 0.2) is 71.6 Å². The molecule has 0 spiro atoms. The van der Waals surface area contributed by atoms with E-state index in [0.29, 0.717) is 40.1 Å². The van der Waals surface area contributed by atoms with Crippen molar-refractivity contribution in [2.45, 2.75) is 24.9 Å². The van der Waals surface area contributed by atoms with Crippen molar-refractivity contribution in [2.24, 2.45) is 0 Å². The fourth-order valence-electron chi connectivity index (χ4n) is 4.43. The molecule has 10 nitrogen and oxygen atoms in total. The quantitative estimate of drug-likeness (QED) is 0.278. The van der Waals surface area contributed by atoms with E-state index >= 15 is 0 Å². The summed E-state index contributed by atoms with van der Waals surface area (Å²) in [6, 6.07) is 19.0. The number of benzene rings is 3. The molecule has 0 N–H and O–H groups in total. The predicted octanol–water partition coefficient (Wildman–Crippen LogP) is 4.45. The molecule has 0 radical (unpaired) electrons. The van der Waals surface area contributed by atoms with Crippen LogP contribution in [0.5, 0.6) is 17.2 Å². The monoisotopic (exact) mass is 551 g/mol. The van der Waals surface area contributed by atoms with Crippen LogP contribution in [0.2, 0.25) is 5.02 Å². The van der Waals surface area contributed by atoms with E-state index in [1.807, 2.05) is 37.3 Å². The second-order valence-electron chi connectivity index (χ2n) is 8.65. The molecule has 12 heteroatoms. The van der Waals surface area contributed by atoms with Crippen LogP contribution in [0.4, 0.5) is 0 Å². The van der Waals surface area contributed by atoms with Gasteiger partial charge in [0.2, 0.25) is 16.8 Å². The zero-order valence-electron chi connectivity index (χ0n) is 20.2. The molecule has 3 aromatic carbocycles. The summed E-state index contributed by atoms with van der Waals surface area (Å²) in [7, 11) is -3.95. The largest absolute Gasteiger partial charge is 0.494 e. The Morgan fingerprint density at radius 2 is 1.82 bits per heavy atom. The molecule has 0 saturated heterocycles. The Kier molecular flexibility index (Phi) is 6.26. The van der Waals surface area contributed by atoms with Crippen LogP contribution in [0, 0.1) is 0 Å². The minimum Gasteiger partial charge on any atom is -0.494 e. The molecule has 0 amide bonds. The van der Waals surface area contributed by atoms with E-state index in [9.17, 15) is 8.42 Å². The average Bonchev–Trinajstić information content (AvgIpc) is 3.58. The van der Waals surface area contributed by atoms with E-state index in [2.05, 4.69) is 15.5 Å². The van der Waals surface area contributed by atoms with Crippen molar-refractivity contribution in [1.82, 2.24) is 24.3 Å². The minimum atomic E-state index is -3.95. The van der Waals surface area contributed by atoms with Gasteiger partial charge in [-0.25, -0.2) is 8.42 Å². The maximum atomic E-state index is 13.9. The first-order valence-electron chi connectivity index (χ1n) is 11.8. The summed E-state index contributed by atoms with van der Waals surface area (Å²) >= 11 is 6.03. The number of halogens is 1. The van der Waals surface area contributed by atoms with Crippen LogP contribution >= 0.6 is 11.6 Å². The smallest absolute Gasteiger partial charge is 0.243 e. The summed E-state index contributed by atoms with van der Waals surface area (Å²) in [4.78, 5) is 0.123. The highest BCUT2D eigenvalue weighted by molar-refractivity contribution is 7.89. The van der Waals surface area contributed by atoms with Crippen LogP contribution < -0.4 is 14.2 Å². The molecule has 3 heterocycles. The zero-order chi connectivity index (χ0) is 26.3. The van der Waals surface area contributed by atoms with Gasteiger partial charge in [0, 0.05) is 29.1 Å². The van der Waals surface area contributed by atoms with Crippen molar-refractivity contribution in [1.29, 1.82) is 0 Å². The van der Waals surface area contributed by atoms with Gasteiger partial charge in [-0.3, -0.25) is 0 Å². The number of rotatable bonds is 8. The van der Waals surface area contributed by atoms with Gasteiger partial charge < -0.3 is 14.2 Å². The molecular weight excluding hydrogens is 530 g/mol. The molecule has 0 fully saturated rings. The van der Waals surface area contributed by atoms with Crippen molar-refractivity contribution in [3.05, 3.63) is 82.9 Å². The molecule has 5 aromatic rings. The van der Waals surface area contributed by atoms with Gasteiger partial charge in [0.05, 0.1) is 17.0 Å². The van der Waals surface area contributed by atoms with Crippen molar-refractivity contribution in [2.75, 3.05) is 13.4 Å². The van der Waals surface area contributed by atoms with Crippen LogP contribution in [0.3, 0.4) is 0 Å². The second-order valence-corrected chi connectivity index (χ2v) is 11.0. The van der Waals surface area contributed by atoms with Gasteiger partial charge in [0.25, 0.3) is 0 Å².